The molecule has 3 aromatic rings. The molecule has 2 heterocycles. The monoisotopic (exact) mass is 363 g/mol. The third kappa shape index (κ3) is 3.69. The number of carbonyl (C=O) groups excluding carboxylic acids is 2. The SMILES string of the molecule is Cc1ccc(-c2nc3ccc(C(=O)OCC(=O)N4CCCC4)cc3[nH]2)cc1. The van der Waals surface area contributed by atoms with Crippen molar-refractivity contribution in [2.75, 3.05) is 19.7 Å². The molecule has 1 aliphatic heterocycles. The molecule has 1 N–H and O–H groups in total. The number of aromatic amines is 1. The van der Waals surface area contributed by atoms with Crippen LogP contribution in [0.3, 0.4) is 0 Å². The number of likely N-dealkylation sites (tertiary alicyclic amines) is 1. The highest BCUT2D eigenvalue weighted by atomic mass is 16.5. The number of H-pyrrole nitrogens is 1. The number of aryl methyl sites for hydroxylation is 1. The van der Waals surface area contributed by atoms with Crippen molar-refractivity contribution in [1.29, 1.82) is 0 Å². The summed E-state index contributed by atoms with van der Waals surface area (Å²) in [5.41, 5.74) is 4.09. The molecule has 1 aliphatic rings. The van der Waals surface area contributed by atoms with Gasteiger partial charge in [0, 0.05) is 18.7 Å². The van der Waals surface area contributed by atoms with Crippen molar-refractivity contribution in [2.24, 2.45) is 0 Å². The Hall–Kier alpha value is -3.15. The minimum Gasteiger partial charge on any atom is -0.452 e. The van der Waals surface area contributed by atoms with Crippen molar-refractivity contribution >= 4 is 22.9 Å². The van der Waals surface area contributed by atoms with Crippen LogP contribution in [-0.2, 0) is 9.53 Å². The lowest BCUT2D eigenvalue weighted by Crippen LogP contribution is -2.32. The summed E-state index contributed by atoms with van der Waals surface area (Å²) in [7, 11) is 0. The largest absolute Gasteiger partial charge is 0.452 e. The summed E-state index contributed by atoms with van der Waals surface area (Å²) in [6.07, 6.45) is 2.03. The number of ether oxygens (including phenoxy) is 1. The van der Waals surface area contributed by atoms with Gasteiger partial charge in [0.1, 0.15) is 5.82 Å². The maximum atomic E-state index is 12.3. The molecule has 0 aliphatic carbocycles. The van der Waals surface area contributed by atoms with Gasteiger partial charge in [-0.05, 0) is 38.0 Å². The van der Waals surface area contributed by atoms with E-state index < -0.39 is 5.97 Å². The van der Waals surface area contributed by atoms with Gasteiger partial charge in [-0.2, -0.15) is 0 Å². The van der Waals surface area contributed by atoms with Crippen LogP contribution in [-0.4, -0.2) is 46.4 Å². The molecule has 138 valence electrons. The molecular weight excluding hydrogens is 342 g/mol. The second kappa shape index (κ2) is 7.23. The van der Waals surface area contributed by atoms with Gasteiger partial charge < -0.3 is 14.6 Å². The number of aromatic nitrogens is 2. The highest BCUT2D eigenvalue weighted by Crippen LogP contribution is 2.22. The van der Waals surface area contributed by atoms with E-state index in [1.807, 2.05) is 31.2 Å². The molecule has 0 radical (unpaired) electrons. The summed E-state index contributed by atoms with van der Waals surface area (Å²) in [4.78, 5) is 33.9. The Morgan fingerprint density at radius 3 is 2.59 bits per heavy atom. The van der Waals surface area contributed by atoms with Gasteiger partial charge in [-0.3, -0.25) is 4.79 Å². The summed E-state index contributed by atoms with van der Waals surface area (Å²) in [5, 5.41) is 0. The number of nitrogens with zero attached hydrogens (tertiary/aromatic N) is 2. The van der Waals surface area contributed by atoms with Gasteiger partial charge >= 0.3 is 5.97 Å². The van der Waals surface area contributed by atoms with Crippen LogP contribution in [0.5, 0.6) is 0 Å². The number of carbonyl (C=O) groups is 2. The predicted molar refractivity (Wildman–Crippen MR) is 102 cm³/mol. The first-order valence-corrected chi connectivity index (χ1v) is 9.12. The maximum absolute atomic E-state index is 12.3. The van der Waals surface area contributed by atoms with Gasteiger partial charge in [0.2, 0.25) is 0 Å². The van der Waals surface area contributed by atoms with E-state index in [-0.39, 0.29) is 12.5 Å². The minimum absolute atomic E-state index is 0.134. The summed E-state index contributed by atoms with van der Waals surface area (Å²) in [6, 6.07) is 13.2. The summed E-state index contributed by atoms with van der Waals surface area (Å²) in [6.45, 7) is 3.32. The minimum atomic E-state index is -0.504. The third-order valence-corrected chi connectivity index (χ3v) is 4.83. The molecule has 27 heavy (non-hydrogen) atoms. The number of benzene rings is 2. The molecule has 6 heteroatoms. The standard InChI is InChI=1S/C21H21N3O3/c1-14-4-6-15(7-5-14)20-22-17-9-8-16(12-18(17)23-20)21(26)27-13-19(25)24-10-2-3-11-24/h4-9,12H,2-3,10-11,13H2,1H3,(H,22,23). The smallest absolute Gasteiger partial charge is 0.338 e. The molecule has 1 aromatic heterocycles. The maximum Gasteiger partial charge on any atom is 0.338 e. The fourth-order valence-corrected chi connectivity index (χ4v) is 3.25. The zero-order valence-corrected chi connectivity index (χ0v) is 15.2. The Balaban J connectivity index is 1.48. The lowest BCUT2D eigenvalue weighted by atomic mass is 10.1. The molecule has 1 amide bonds. The summed E-state index contributed by atoms with van der Waals surface area (Å²) >= 11 is 0. The second-order valence-electron chi connectivity index (χ2n) is 6.85. The van der Waals surface area contributed by atoms with Crippen molar-refractivity contribution in [3.8, 4) is 11.4 Å². The highest BCUT2D eigenvalue weighted by Gasteiger charge is 2.20. The highest BCUT2D eigenvalue weighted by molar-refractivity contribution is 5.95. The number of hydrogen-bond acceptors (Lipinski definition) is 4. The molecule has 2 aromatic carbocycles. The van der Waals surface area contributed by atoms with E-state index in [1.165, 1.54) is 5.56 Å². The average Bonchev–Trinajstić information content (AvgIpc) is 3.35. The first kappa shape index (κ1) is 17.3. The summed E-state index contributed by atoms with van der Waals surface area (Å²) < 4.78 is 5.19. The zero-order chi connectivity index (χ0) is 18.8. The van der Waals surface area contributed by atoms with E-state index in [0.717, 1.165) is 48.4 Å². The van der Waals surface area contributed by atoms with Crippen molar-refractivity contribution in [3.63, 3.8) is 0 Å². The number of fused-ring (bicyclic) bond motifs is 1. The van der Waals surface area contributed by atoms with Crippen LogP contribution in [0.25, 0.3) is 22.4 Å². The lowest BCUT2D eigenvalue weighted by Gasteiger charge is -2.14. The van der Waals surface area contributed by atoms with E-state index in [9.17, 15) is 9.59 Å². The Bertz CT molecular complexity index is 986. The van der Waals surface area contributed by atoms with Gasteiger partial charge in [-0.1, -0.05) is 29.8 Å². The van der Waals surface area contributed by atoms with Gasteiger partial charge in [-0.25, -0.2) is 9.78 Å². The van der Waals surface area contributed by atoms with Crippen molar-refractivity contribution in [1.82, 2.24) is 14.9 Å². The van der Waals surface area contributed by atoms with E-state index in [4.69, 9.17) is 4.74 Å². The molecule has 0 bridgehead atoms. The van der Waals surface area contributed by atoms with E-state index in [2.05, 4.69) is 9.97 Å². The van der Waals surface area contributed by atoms with Crippen molar-refractivity contribution < 1.29 is 14.3 Å². The first-order chi connectivity index (χ1) is 13.1. The van der Waals surface area contributed by atoms with Crippen LogP contribution in [0.15, 0.2) is 42.5 Å². The fraction of sp³-hybridized carbons (Fsp3) is 0.286. The van der Waals surface area contributed by atoms with Gasteiger partial charge in [0.25, 0.3) is 5.91 Å². The molecule has 0 saturated carbocycles. The van der Waals surface area contributed by atoms with Crippen LogP contribution in [0.1, 0.15) is 28.8 Å². The molecule has 0 unspecified atom stereocenters. The van der Waals surface area contributed by atoms with Crippen LogP contribution >= 0.6 is 0 Å². The zero-order valence-electron chi connectivity index (χ0n) is 15.2. The van der Waals surface area contributed by atoms with Crippen molar-refractivity contribution in [3.05, 3.63) is 53.6 Å². The molecule has 1 fully saturated rings. The van der Waals surface area contributed by atoms with E-state index >= 15 is 0 Å². The van der Waals surface area contributed by atoms with Crippen LogP contribution in [0, 0.1) is 6.92 Å². The summed E-state index contributed by atoms with van der Waals surface area (Å²) in [5.74, 6) is 0.112. The number of esters is 1. The molecule has 0 spiro atoms. The van der Waals surface area contributed by atoms with E-state index in [1.54, 1.807) is 23.1 Å². The molecular formula is C21H21N3O3. The van der Waals surface area contributed by atoms with E-state index in [0.29, 0.717) is 5.56 Å². The van der Waals surface area contributed by atoms with Crippen LogP contribution < -0.4 is 0 Å². The molecule has 4 rings (SSSR count). The molecule has 6 nitrogen and oxygen atoms in total. The van der Waals surface area contributed by atoms with Crippen LogP contribution in [0.2, 0.25) is 0 Å². The number of nitrogens with one attached hydrogen (secondary N) is 1. The Labute approximate surface area is 157 Å². The number of imidazole rings is 1. The number of hydrogen-bond donors (Lipinski definition) is 1. The van der Waals surface area contributed by atoms with Gasteiger partial charge in [-0.15, -0.1) is 0 Å². The Morgan fingerprint density at radius 1 is 1.11 bits per heavy atom. The van der Waals surface area contributed by atoms with Gasteiger partial charge in [0.05, 0.1) is 16.6 Å². The van der Waals surface area contributed by atoms with Crippen molar-refractivity contribution in [2.45, 2.75) is 19.8 Å². The van der Waals surface area contributed by atoms with Gasteiger partial charge in [0.15, 0.2) is 6.61 Å². The molecule has 1 saturated heterocycles. The lowest BCUT2D eigenvalue weighted by molar-refractivity contribution is -0.133. The van der Waals surface area contributed by atoms with Crippen LogP contribution in [0.4, 0.5) is 0 Å². The Morgan fingerprint density at radius 2 is 1.85 bits per heavy atom. The molecule has 0 atom stereocenters. The fourth-order valence-electron chi connectivity index (χ4n) is 3.25. The Kier molecular flexibility index (Phi) is 4.62. The normalized spacial score (nSPS) is 13.9. The number of amides is 1. The third-order valence-electron chi connectivity index (χ3n) is 4.83. The average molecular weight is 363 g/mol. The topological polar surface area (TPSA) is 75.3 Å². The predicted octanol–water partition coefficient (Wildman–Crippen LogP) is 3.32. The second-order valence-corrected chi connectivity index (χ2v) is 6.85. The quantitative estimate of drug-likeness (QED) is 0.722. The first-order valence-electron chi connectivity index (χ1n) is 9.12. The number of rotatable bonds is 4.